The molecule has 0 bridgehead atoms. The molecule has 9 heteroatoms. The molecule has 0 spiro atoms. The first-order valence-electron chi connectivity index (χ1n) is 7.97. The van der Waals surface area contributed by atoms with Crippen LogP contribution in [-0.4, -0.2) is 30.7 Å². The molecule has 0 radical (unpaired) electrons. The third kappa shape index (κ3) is 3.81. The Balaban J connectivity index is 1.83. The number of amides is 1. The number of nitro benzene ring substituents is 1. The molecule has 3 rings (SSSR count). The van der Waals surface area contributed by atoms with Gasteiger partial charge in [0.25, 0.3) is 11.6 Å². The Kier molecular flexibility index (Phi) is 4.93. The van der Waals surface area contributed by atoms with Crippen LogP contribution in [0.25, 0.3) is 0 Å². The second-order valence-electron chi connectivity index (χ2n) is 5.83. The van der Waals surface area contributed by atoms with Gasteiger partial charge in [0.1, 0.15) is 0 Å². The standard InChI is InChI=1S/C18H16N2O7/c1-10(11-3-4-15-16(8-11)27-9-26-15)19-17(21)12-5-13(18(22)25-2)7-14(6-12)20(23)24/h3-8,10H,9H2,1-2H3,(H,19,21). The second-order valence-corrected chi connectivity index (χ2v) is 5.83. The van der Waals surface area contributed by atoms with Gasteiger partial charge >= 0.3 is 5.97 Å². The van der Waals surface area contributed by atoms with E-state index in [1.54, 1.807) is 25.1 Å². The summed E-state index contributed by atoms with van der Waals surface area (Å²) in [6.45, 7) is 1.90. The molecule has 1 N–H and O–H groups in total. The van der Waals surface area contributed by atoms with Gasteiger partial charge in [-0.25, -0.2) is 4.79 Å². The smallest absolute Gasteiger partial charge is 0.338 e. The van der Waals surface area contributed by atoms with Crippen molar-refractivity contribution in [2.45, 2.75) is 13.0 Å². The fraction of sp³-hybridized carbons (Fsp3) is 0.222. The Morgan fingerprint density at radius 1 is 1.15 bits per heavy atom. The lowest BCUT2D eigenvalue weighted by Gasteiger charge is -2.15. The van der Waals surface area contributed by atoms with E-state index in [1.807, 2.05) is 0 Å². The molecule has 1 aliphatic heterocycles. The molecule has 1 aliphatic rings. The minimum atomic E-state index is -0.767. The molecule has 2 aromatic carbocycles. The summed E-state index contributed by atoms with van der Waals surface area (Å²) in [6.07, 6.45) is 0. The molecule has 0 fully saturated rings. The summed E-state index contributed by atoms with van der Waals surface area (Å²) in [7, 11) is 1.16. The van der Waals surface area contributed by atoms with Gasteiger partial charge in [-0.3, -0.25) is 14.9 Å². The number of nitrogens with one attached hydrogen (secondary N) is 1. The number of carbonyl (C=O) groups is 2. The predicted octanol–water partition coefficient (Wildman–Crippen LogP) is 2.60. The largest absolute Gasteiger partial charge is 0.465 e. The highest BCUT2D eigenvalue weighted by Crippen LogP contribution is 2.34. The SMILES string of the molecule is COC(=O)c1cc(C(=O)NC(C)c2ccc3c(c2)OCO3)cc([N+](=O)[O-])c1. The quantitative estimate of drug-likeness (QED) is 0.487. The van der Waals surface area contributed by atoms with Crippen molar-refractivity contribution in [2.24, 2.45) is 0 Å². The van der Waals surface area contributed by atoms with E-state index in [2.05, 4.69) is 10.1 Å². The summed E-state index contributed by atoms with van der Waals surface area (Å²) in [5, 5.41) is 13.8. The summed E-state index contributed by atoms with van der Waals surface area (Å²) in [6, 6.07) is 8.28. The zero-order valence-electron chi connectivity index (χ0n) is 14.6. The molecule has 140 valence electrons. The average molecular weight is 372 g/mol. The summed E-state index contributed by atoms with van der Waals surface area (Å²) >= 11 is 0. The zero-order chi connectivity index (χ0) is 19.6. The monoisotopic (exact) mass is 372 g/mol. The van der Waals surface area contributed by atoms with Gasteiger partial charge in [0.05, 0.1) is 23.6 Å². The molecular weight excluding hydrogens is 356 g/mol. The highest BCUT2D eigenvalue weighted by molar-refractivity contribution is 5.99. The van der Waals surface area contributed by atoms with E-state index >= 15 is 0 Å². The highest BCUT2D eigenvalue weighted by Gasteiger charge is 2.21. The molecule has 0 aliphatic carbocycles. The van der Waals surface area contributed by atoms with Crippen LogP contribution in [0.5, 0.6) is 11.5 Å². The Hall–Kier alpha value is -3.62. The number of methoxy groups -OCH3 is 1. The Morgan fingerprint density at radius 2 is 1.85 bits per heavy atom. The fourth-order valence-electron chi connectivity index (χ4n) is 2.63. The normalized spacial score (nSPS) is 13.0. The zero-order valence-corrected chi connectivity index (χ0v) is 14.6. The van der Waals surface area contributed by atoms with Crippen molar-refractivity contribution in [3.8, 4) is 11.5 Å². The van der Waals surface area contributed by atoms with E-state index in [9.17, 15) is 19.7 Å². The summed E-state index contributed by atoms with van der Waals surface area (Å²) in [5.74, 6) is -0.124. The van der Waals surface area contributed by atoms with Crippen molar-refractivity contribution in [3.63, 3.8) is 0 Å². The maximum Gasteiger partial charge on any atom is 0.338 e. The van der Waals surface area contributed by atoms with Gasteiger partial charge < -0.3 is 19.5 Å². The highest BCUT2D eigenvalue weighted by atomic mass is 16.7. The molecule has 0 saturated carbocycles. The van der Waals surface area contributed by atoms with Crippen molar-refractivity contribution in [1.82, 2.24) is 5.32 Å². The lowest BCUT2D eigenvalue weighted by Crippen LogP contribution is -2.27. The Labute approximate surface area is 154 Å². The minimum Gasteiger partial charge on any atom is -0.465 e. The van der Waals surface area contributed by atoms with E-state index in [1.165, 1.54) is 6.07 Å². The van der Waals surface area contributed by atoms with Gasteiger partial charge in [-0.15, -0.1) is 0 Å². The maximum atomic E-state index is 12.6. The number of non-ortho nitro benzene ring substituents is 1. The van der Waals surface area contributed by atoms with Crippen LogP contribution >= 0.6 is 0 Å². The molecule has 2 aromatic rings. The molecule has 0 aromatic heterocycles. The van der Waals surface area contributed by atoms with Gasteiger partial charge in [-0.05, 0) is 30.7 Å². The van der Waals surface area contributed by atoms with Gasteiger partial charge in [-0.2, -0.15) is 0 Å². The van der Waals surface area contributed by atoms with E-state index in [4.69, 9.17) is 9.47 Å². The van der Waals surface area contributed by atoms with E-state index in [0.717, 1.165) is 24.8 Å². The summed E-state index contributed by atoms with van der Waals surface area (Å²) < 4.78 is 15.1. The number of fused-ring (bicyclic) bond motifs is 1. The first-order valence-corrected chi connectivity index (χ1v) is 7.97. The van der Waals surface area contributed by atoms with Crippen molar-refractivity contribution >= 4 is 17.6 Å². The van der Waals surface area contributed by atoms with Crippen LogP contribution in [0.1, 0.15) is 39.2 Å². The van der Waals surface area contributed by atoms with Crippen molar-refractivity contribution in [1.29, 1.82) is 0 Å². The number of hydrogen-bond donors (Lipinski definition) is 1. The van der Waals surface area contributed by atoms with Crippen molar-refractivity contribution in [3.05, 3.63) is 63.2 Å². The number of benzene rings is 2. The molecule has 1 amide bonds. The maximum absolute atomic E-state index is 12.6. The minimum absolute atomic E-state index is 0.0165. The number of nitro groups is 1. The predicted molar refractivity (Wildman–Crippen MR) is 92.9 cm³/mol. The van der Waals surface area contributed by atoms with Gasteiger partial charge in [-0.1, -0.05) is 6.07 Å². The van der Waals surface area contributed by atoms with Crippen LogP contribution < -0.4 is 14.8 Å². The lowest BCUT2D eigenvalue weighted by atomic mass is 10.1. The second kappa shape index (κ2) is 7.32. The number of rotatable bonds is 5. The van der Waals surface area contributed by atoms with E-state index in [-0.39, 0.29) is 23.6 Å². The van der Waals surface area contributed by atoms with Crippen LogP contribution in [0.2, 0.25) is 0 Å². The van der Waals surface area contributed by atoms with Crippen LogP contribution in [0, 0.1) is 10.1 Å². The van der Waals surface area contributed by atoms with Crippen LogP contribution in [-0.2, 0) is 4.74 Å². The van der Waals surface area contributed by atoms with Crippen LogP contribution in [0.15, 0.2) is 36.4 Å². The van der Waals surface area contributed by atoms with Gasteiger partial charge in [0.2, 0.25) is 6.79 Å². The summed E-state index contributed by atoms with van der Waals surface area (Å²) in [5.41, 5.74) is 0.301. The van der Waals surface area contributed by atoms with E-state index < -0.39 is 22.8 Å². The fourth-order valence-corrected chi connectivity index (χ4v) is 2.63. The van der Waals surface area contributed by atoms with Crippen LogP contribution in [0.4, 0.5) is 5.69 Å². The number of hydrogen-bond acceptors (Lipinski definition) is 7. The Morgan fingerprint density at radius 3 is 2.56 bits per heavy atom. The van der Waals surface area contributed by atoms with Crippen molar-refractivity contribution < 1.29 is 28.7 Å². The van der Waals surface area contributed by atoms with Gasteiger partial charge in [0, 0.05) is 17.7 Å². The number of esters is 1. The molecule has 27 heavy (non-hydrogen) atoms. The third-order valence-corrected chi connectivity index (χ3v) is 4.06. The number of nitrogens with zero attached hydrogens (tertiary/aromatic N) is 1. The Bertz CT molecular complexity index is 926. The average Bonchev–Trinajstić information content (AvgIpc) is 3.14. The van der Waals surface area contributed by atoms with Crippen LogP contribution in [0.3, 0.4) is 0 Å². The molecule has 1 atom stereocenters. The molecular formula is C18H16N2O7. The molecule has 0 saturated heterocycles. The topological polar surface area (TPSA) is 117 Å². The molecule has 1 unspecified atom stereocenters. The summed E-state index contributed by atoms with van der Waals surface area (Å²) in [4.78, 5) is 34.7. The lowest BCUT2D eigenvalue weighted by molar-refractivity contribution is -0.384. The first-order chi connectivity index (χ1) is 12.9. The van der Waals surface area contributed by atoms with E-state index in [0.29, 0.717) is 11.5 Å². The first kappa shape index (κ1) is 18.2. The number of ether oxygens (including phenoxy) is 3. The number of carbonyl (C=O) groups excluding carboxylic acids is 2. The molecule has 9 nitrogen and oxygen atoms in total. The third-order valence-electron chi connectivity index (χ3n) is 4.06. The van der Waals surface area contributed by atoms with Crippen molar-refractivity contribution in [2.75, 3.05) is 13.9 Å². The molecule has 1 heterocycles. The van der Waals surface area contributed by atoms with Gasteiger partial charge in [0.15, 0.2) is 11.5 Å².